The molecule has 1 aliphatic heterocycles. The Morgan fingerprint density at radius 2 is 1.75 bits per heavy atom. The van der Waals surface area contributed by atoms with E-state index in [1.807, 2.05) is 0 Å². The molecule has 0 bridgehead atoms. The van der Waals surface area contributed by atoms with Gasteiger partial charge in [0.15, 0.2) is 11.5 Å². The van der Waals surface area contributed by atoms with E-state index in [9.17, 15) is 14.9 Å². The Morgan fingerprint density at radius 1 is 1.03 bits per heavy atom. The summed E-state index contributed by atoms with van der Waals surface area (Å²) in [4.78, 5) is 27.5. The molecular weight excluding hydrogens is 410 g/mol. The van der Waals surface area contributed by atoms with Crippen LogP contribution in [0.3, 0.4) is 0 Å². The van der Waals surface area contributed by atoms with Crippen molar-refractivity contribution in [2.45, 2.75) is 20.1 Å². The predicted molar refractivity (Wildman–Crippen MR) is 118 cm³/mol. The third kappa shape index (κ3) is 5.15. The number of nitro groups is 1. The smallest absolute Gasteiger partial charge is 0.310 e. The van der Waals surface area contributed by atoms with Crippen LogP contribution >= 0.6 is 0 Å². The molecule has 0 spiro atoms. The third-order valence-electron chi connectivity index (χ3n) is 5.49. The molecule has 8 nitrogen and oxygen atoms in total. The molecule has 1 aliphatic rings. The zero-order valence-corrected chi connectivity index (χ0v) is 17.9. The minimum absolute atomic E-state index is 0.00244. The van der Waals surface area contributed by atoms with Gasteiger partial charge in [-0.25, -0.2) is 0 Å². The van der Waals surface area contributed by atoms with Crippen LogP contribution in [0.15, 0.2) is 65.1 Å². The highest BCUT2D eigenvalue weighted by Gasteiger charge is 2.24. The Balaban J connectivity index is 1.29. The van der Waals surface area contributed by atoms with Gasteiger partial charge in [0.05, 0.1) is 4.92 Å². The number of nitro benzene ring substituents is 1. The van der Waals surface area contributed by atoms with Gasteiger partial charge in [0.25, 0.3) is 5.91 Å². The number of furan rings is 1. The predicted octanol–water partition coefficient (Wildman–Crippen LogP) is 4.03. The number of nitrogens with zero attached hydrogens (tertiary/aromatic N) is 3. The van der Waals surface area contributed by atoms with E-state index in [-0.39, 0.29) is 29.7 Å². The fraction of sp³-hybridized carbons (Fsp3) is 0.292. The van der Waals surface area contributed by atoms with Crippen LogP contribution in [0.4, 0.5) is 5.69 Å². The van der Waals surface area contributed by atoms with Gasteiger partial charge >= 0.3 is 5.69 Å². The summed E-state index contributed by atoms with van der Waals surface area (Å²) in [5.74, 6) is 0.686. The molecule has 0 N–H and O–H groups in total. The molecule has 1 saturated heterocycles. The molecule has 1 aromatic heterocycles. The second-order valence-electron chi connectivity index (χ2n) is 7.83. The molecule has 1 fully saturated rings. The Hall–Kier alpha value is -3.65. The number of amides is 1. The van der Waals surface area contributed by atoms with Crippen molar-refractivity contribution in [1.29, 1.82) is 0 Å². The van der Waals surface area contributed by atoms with Gasteiger partial charge in [0.2, 0.25) is 0 Å². The molecule has 166 valence electrons. The molecule has 2 aromatic carbocycles. The van der Waals surface area contributed by atoms with E-state index < -0.39 is 4.92 Å². The third-order valence-corrected chi connectivity index (χ3v) is 5.49. The minimum Gasteiger partial charge on any atom is -0.479 e. The van der Waals surface area contributed by atoms with E-state index in [1.54, 1.807) is 29.2 Å². The van der Waals surface area contributed by atoms with Crippen LogP contribution in [0.2, 0.25) is 0 Å². The van der Waals surface area contributed by atoms with Gasteiger partial charge in [-0.05, 0) is 30.7 Å². The molecule has 1 amide bonds. The summed E-state index contributed by atoms with van der Waals surface area (Å²) in [7, 11) is 0. The first kappa shape index (κ1) is 21.6. The summed E-state index contributed by atoms with van der Waals surface area (Å²) in [6.45, 7) is 5.81. The number of hydrogen-bond acceptors (Lipinski definition) is 6. The maximum absolute atomic E-state index is 12.8. The topological polar surface area (TPSA) is 89.1 Å². The van der Waals surface area contributed by atoms with Gasteiger partial charge in [0, 0.05) is 38.8 Å². The standard InChI is InChI=1S/C24H25N3O5/c1-18-6-8-19(9-7-18)16-25-12-14-26(15-13-25)24(28)23-11-10-20(32-23)17-31-22-5-3-2-4-21(22)27(29)30/h2-11H,12-17H2,1H3. The number of aryl methyl sites for hydroxylation is 1. The first-order chi connectivity index (χ1) is 15.5. The van der Waals surface area contributed by atoms with E-state index in [1.165, 1.54) is 23.3 Å². The lowest BCUT2D eigenvalue weighted by Crippen LogP contribution is -2.48. The monoisotopic (exact) mass is 435 g/mol. The number of benzene rings is 2. The molecule has 8 heteroatoms. The van der Waals surface area contributed by atoms with Crippen LogP contribution in [-0.4, -0.2) is 46.8 Å². The average Bonchev–Trinajstić information content (AvgIpc) is 3.28. The molecule has 0 saturated carbocycles. The quantitative estimate of drug-likeness (QED) is 0.411. The molecule has 2 heterocycles. The van der Waals surface area contributed by atoms with Crippen molar-refractivity contribution in [2.24, 2.45) is 0 Å². The lowest BCUT2D eigenvalue weighted by atomic mass is 10.1. The second-order valence-corrected chi connectivity index (χ2v) is 7.83. The molecule has 0 unspecified atom stereocenters. The van der Waals surface area contributed by atoms with E-state index in [2.05, 4.69) is 36.1 Å². The Bertz CT molecular complexity index is 1090. The van der Waals surface area contributed by atoms with Crippen molar-refractivity contribution in [3.8, 4) is 5.75 Å². The summed E-state index contributed by atoms with van der Waals surface area (Å²) >= 11 is 0. The molecule has 0 radical (unpaired) electrons. The summed E-state index contributed by atoms with van der Waals surface area (Å²) < 4.78 is 11.2. The van der Waals surface area contributed by atoms with E-state index >= 15 is 0 Å². The van der Waals surface area contributed by atoms with Gasteiger partial charge < -0.3 is 14.1 Å². The summed E-state index contributed by atoms with van der Waals surface area (Å²) in [5.41, 5.74) is 2.40. The fourth-order valence-electron chi connectivity index (χ4n) is 3.67. The SMILES string of the molecule is Cc1ccc(CN2CCN(C(=O)c3ccc(COc4ccccc4[N+](=O)[O-])o3)CC2)cc1. The number of piperazine rings is 1. The van der Waals surface area contributed by atoms with Crippen molar-refractivity contribution in [3.05, 3.63) is 93.4 Å². The van der Waals surface area contributed by atoms with Crippen LogP contribution in [-0.2, 0) is 13.2 Å². The number of carbonyl (C=O) groups excluding carboxylic acids is 1. The normalized spacial score (nSPS) is 14.3. The Morgan fingerprint density at radius 3 is 2.47 bits per heavy atom. The van der Waals surface area contributed by atoms with Crippen LogP contribution in [0.1, 0.15) is 27.4 Å². The minimum atomic E-state index is -0.495. The fourth-order valence-corrected chi connectivity index (χ4v) is 3.67. The molecule has 0 aliphatic carbocycles. The molecular formula is C24H25N3O5. The molecule has 4 rings (SSSR count). The Kier molecular flexibility index (Phi) is 6.51. The van der Waals surface area contributed by atoms with Crippen molar-refractivity contribution in [2.75, 3.05) is 26.2 Å². The number of rotatable bonds is 7. The van der Waals surface area contributed by atoms with Crippen LogP contribution in [0, 0.1) is 17.0 Å². The van der Waals surface area contributed by atoms with Crippen LogP contribution < -0.4 is 4.74 Å². The number of ether oxygens (including phenoxy) is 1. The van der Waals surface area contributed by atoms with E-state index in [0.717, 1.165) is 19.6 Å². The maximum atomic E-state index is 12.8. The van der Waals surface area contributed by atoms with Crippen molar-refractivity contribution in [1.82, 2.24) is 9.80 Å². The van der Waals surface area contributed by atoms with Gasteiger partial charge in [-0.3, -0.25) is 19.8 Å². The van der Waals surface area contributed by atoms with Crippen molar-refractivity contribution in [3.63, 3.8) is 0 Å². The first-order valence-corrected chi connectivity index (χ1v) is 10.5. The second kappa shape index (κ2) is 9.65. The zero-order chi connectivity index (χ0) is 22.5. The van der Waals surface area contributed by atoms with Gasteiger partial charge in [-0.15, -0.1) is 0 Å². The van der Waals surface area contributed by atoms with Crippen LogP contribution in [0.5, 0.6) is 5.75 Å². The lowest BCUT2D eigenvalue weighted by molar-refractivity contribution is -0.386. The highest BCUT2D eigenvalue weighted by molar-refractivity contribution is 5.91. The number of hydrogen-bond donors (Lipinski definition) is 0. The zero-order valence-electron chi connectivity index (χ0n) is 17.9. The highest BCUT2D eigenvalue weighted by atomic mass is 16.6. The Labute approximate surface area is 186 Å². The highest BCUT2D eigenvalue weighted by Crippen LogP contribution is 2.27. The molecule has 32 heavy (non-hydrogen) atoms. The number of carbonyl (C=O) groups is 1. The van der Waals surface area contributed by atoms with Crippen molar-refractivity contribution < 1.29 is 18.9 Å². The summed E-state index contributed by atoms with van der Waals surface area (Å²) in [6.07, 6.45) is 0. The summed E-state index contributed by atoms with van der Waals surface area (Å²) in [5, 5.41) is 11.1. The molecule has 3 aromatic rings. The largest absolute Gasteiger partial charge is 0.479 e. The van der Waals surface area contributed by atoms with Gasteiger partial charge in [0.1, 0.15) is 12.4 Å². The number of para-hydroxylation sites is 2. The average molecular weight is 435 g/mol. The van der Waals surface area contributed by atoms with Crippen LogP contribution in [0.25, 0.3) is 0 Å². The van der Waals surface area contributed by atoms with Gasteiger partial charge in [-0.2, -0.15) is 0 Å². The van der Waals surface area contributed by atoms with Gasteiger partial charge in [-0.1, -0.05) is 42.0 Å². The lowest BCUT2D eigenvalue weighted by Gasteiger charge is -2.34. The van der Waals surface area contributed by atoms with E-state index in [4.69, 9.17) is 9.15 Å². The van der Waals surface area contributed by atoms with E-state index in [0.29, 0.717) is 18.8 Å². The first-order valence-electron chi connectivity index (χ1n) is 10.5. The maximum Gasteiger partial charge on any atom is 0.310 e. The molecule has 0 atom stereocenters. The summed E-state index contributed by atoms with van der Waals surface area (Å²) in [6, 6.07) is 18.0. The van der Waals surface area contributed by atoms with Crippen molar-refractivity contribution >= 4 is 11.6 Å².